The highest BCUT2D eigenvalue weighted by Gasteiger charge is 2.64. The SMILES string of the molecule is COc1cccc2c1O[C@@]1(C(=O)N(c3ccccc3)N=C1C)[C@H]2C[N+](=O)[O-]. The van der Waals surface area contributed by atoms with Crippen LogP contribution in [0.4, 0.5) is 5.69 Å². The standard InChI is InChI=1S/C19H17N3O5/c1-12-19(18(23)22(20-12)13-7-4-3-5-8-13)15(11-21(24)25)14-9-6-10-16(26-2)17(14)27-19/h3-10,15H,11H2,1-2H3/t15-,19+/m0/s1. The third kappa shape index (κ3) is 2.37. The van der Waals surface area contributed by atoms with E-state index in [1.54, 1.807) is 49.4 Å². The molecule has 0 saturated heterocycles. The van der Waals surface area contributed by atoms with Crippen LogP contribution in [-0.4, -0.2) is 35.8 Å². The number of nitrogens with zero attached hydrogens (tertiary/aromatic N) is 3. The van der Waals surface area contributed by atoms with Gasteiger partial charge in [-0.3, -0.25) is 14.9 Å². The summed E-state index contributed by atoms with van der Waals surface area (Å²) in [6.07, 6.45) is 0. The molecule has 2 aromatic carbocycles. The second kappa shape index (κ2) is 6.08. The molecule has 0 radical (unpaired) electrons. The number of carbonyl (C=O) groups excluding carboxylic acids is 1. The number of rotatable bonds is 4. The van der Waals surface area contributed by atoms with E-state index in [1.165, 1.54) is 12.1 Å². The van der Waals surface area contributed by atoms with Gasteiger partial charge in [0.15, 0.2) is 11.5 Å². The zero-order valence-corrected chi connectivity index (χ0v) is 14.8. The lowest BCUT2D eigenvalue weighted by Crippen LogP contribution is -2.54. The number of anilines is 1. The third-order valence-corrected chi connectivity index (χ3v) is 4.99. The topological polar surface area (TPSA) is 94.3 Å². The maximum absolute atomic E-state index is 13.4. The van der Waals surface area contributed by atoms with Gasteiger partial charge in [0.1, 0.15) is 5.92 Å². The minimum Gasteiger partial charge on any atom is -0.493 e. The summed E-state index contributed by atoms with van der Waals surface area (Å²) in [4.78, 5) is 24.4. The van der Waals surface area contributed by atoms with Crippen LogP contribution in [0.25, 0.3) is 0 Å². The number of para-hydroxylation sites is 2. The number of benzene rings is 2. The van der Waals surface area contributed by atoms with E-state index in [0.717, 1.165) is 0 Å². The molecule has 8 heteroatoms. The molecule has 1 spiro atoms. The highest BCUT2D eigenvalue weighted by atomic mass is 16.6. The molecule has 138 valence electrons. The summed E-state index contributed by atoms with van der Waals surface area (Å²) in [5.74, 6) is -0.472. The Balaban J connectivity index is 1.85. The summed E-state index contributed by atoms with van der Waals surface area (Å²) in [6.45, 7) is 1.20. The van der Waals surface area contributed by atoms with Crippen LogP contribution >= 0.6 is 0 Å². The average Bonchev–Trinajstić information content (AvgIpc) is 3.13. The molecule has 2 heterocycles. The molecule has 2 aliphatic heterocycles. The Labute approximate surface area is 155 Å². The zero-order valence-electron chi connectivity index (χ0n) is 14.8. The minimum atomic E-state index is -1.56. The number of hydrogen-bond donors (Lipinski definition) is 0. The first kappa shape index (κ1) is 17.0. The molecule has 0 bridgehead atoms. The third-order valence-electron chi connectivity index (χ3n) is 4.99. The monoisotopic (exact) mass is 367 g/mol. The number of hydrogen-bond acceptors (Lipinski definition) is 6. The predicted molar refractivity (Wildman–Crippen MR) is 98.0 cm³/mol. The van der Waals surface area contributed by atoms with E-state index in [-0.39, 0.29) is 0 Å². The van der Waals surface area contributed by atoms with E-state index in [4.69, 9.17) is 9.47 Å². The van der Waals surface area contributed by atoms with Crippen LogP contribution in [0.1, 0.15) is 18.4 Å². The molecular weight excluding hydrogens is 350 g/mol. The van der Waals surface area contributed by atoms with E-state index in [9.17, 15) is 14.9 Å². The molecule has 27 heavy (non-hydrogen) atoms. The lowest BCUT2D eigenvalue weighted by Gasteiger charge is -2.27. The van der Waals surface area contributed by atoms with Gasteiger partial charge in [-0.2, -0.15) is 10.1 Å². The fourth-order valence-electron chi connectivity index (χ4n) is 3.75. The first-order chi connectivity index (χ1) is 13.0. The van der Waals surface area contributed by atoms with Crippen LogP contribution < -0.4 is 14.5 Å². The van der Waals surface area contributed by atoms with Gasteiger partial charge < -0.3 is 9.47 Å². The Kier molecular flexibility index (Phi) is 3.83. The molecule has 2 aliphatic rings. The fourth-order valence-corrected chi connectivity index (χ4v) is 3.75. The second-order valence-electron chi connectivity index (χ2n) is 6.42. The number of methoxy groups -OCH3 is 1. The second-order valence-corrected chi connectivity index (χ2v) is 6.42. The number of ether oxygens (including phenoxy) is 2. The van der Waals surface area contributed by atoms with E-state index in [0.29, 0.717) is 28.5 Å². The van der Waals surface area contributed by atoms with Gasteiger partial charge in [0.2, 0.25) is 12.1 Å². The van der Waals surface area contributed by atoms with Crippen LogP contribution in [-0.2, 0) is 4.79 Å². The molecule has 0 N–H and O–H groups in total. The van der Waals surface area contributed by atoms with E-state index >= 15 is 0 Å². The smallest absolute Gasteiger partial charge is 0.298 e. The van der Waals surface area contributed by atoms with Gasteiger partial charge in [-0.05, 0) is 25.1 Å². The summed E-state index contributed by atoms with van der Waals surface area (Å²) < 4.78 is 11.5. The highest BCUT2D eigenvalue weighted by molar-refractivity contribution is 6.23. The lowest BCUT2D eigenvalue weighted by atomic mass is 9.80. The molecule has 0 aliphatic carbocycles. The number of hydrazone groups is 1. The molecule has 4 rings (SSSR count). The quantitative estimate of drug-likeness (QED) is 0.612. The minimum absolute atomic E-state index is 0.352. The van der Waals surface area contributed by atoms with Crippen molar-refractivity contribution in [2.24, 2.45) is 5.10 Å². The Hall–Kier alpha value is -3.42. The molecule has 0 fully saturated rings. The van der Waals surface area contributed by atoms with Crippen LogP contribution in [0.5, 0.6) is 11.5 Å². The molecule has 1 amide bonds. The number of nitro groups is 1. The van der Waals surface area contributed by atoms with Gasteiger partial charge in [-0.25, -0.2) is 0 Å². The predicted octanol–water partition coefficient (Wildman–Crippen LogP) is 2.61. The van der Waals surface area contributed by atoms with Crippen molar-refractivity contribution in [3.8, 4) is 11.5 Å². The maximum atomic E-state index is 13.4. The molecule has 0 unspecified atom stereocenters. The van der Waals surface area contributed by atoms with Crippen molar-refractivity contribution in [2.45, 2.75) is 18.4 Å². The van der Waals surface area contributed by atoms with Crippen molar-refractivity contribution >= 4 is 17.3 Å². The summed E-state index contributed by atoms with van der Waals surface area (Å²) >= 11 is 0. The van der Waals surface area contributed by atoms with Crippen LogP contribution in [0.15, 0.2) is 53.6 Å². The van der Waals surface area contributed by atoms with Crippen molar-refractivity contribution in [1.29, 1.82) is 0 Å². The normalized spacial score (nSPS) is 23.2. The zero-order chi connectivity index (χ0) is 19.2. The first-order valence-electron chi connectivity index (χ1n) is 8.42. The van der Waals surface area contributed by atoms with Gasteiger partial charge in [0.05, 0.1) is 18.5 Å². The summed E-state index contributed by atoms with van der Waals surface area (Å²) in [7, 11) is 1.49. The number of carbonyl (C=O) groups is 1. The van der Waals surface area contributed by atoms with Crippen molar-refractivity contribution in [2.75, 3.05) is 18.7 Å². The molecule has 0 aromatic heterocycles. The van der Waals surface area contributed by atoms with E-state index < -0.39 is 28.9 Å². The fraction of sp³-hybridized carbons (Fsp3) is 0.263. The molecule has 8 nitrogen and oxygen atoms in total. The van der Waals surface area contributed by atoms with Crippen molar-refractivity contribution in [1.82, 2.24) is 0 Å². The van der Waals surface area contributed by atoms with Crippen molar-refractivity contribution in [3.63, 3.8) is 0 Å². The van der Waals surface area contributed by atoms with Crippen LogP contribution in [0, 0.1) is 10.1 Å². The molecule has 0 saturated carbocycles. The Bertz CT molecular complexity index is 959. The van der Waals surface area contributed by atoms with Crippen molar-refractivity contribution < 1.29 is 19.2 Å². The number of amides is 1. The molecule has 2 aromatic rings. The summed E-state index contributed by atoms with van der Waals surface area (Å²) in [5, 5.41) is 17.0. The van der Waals surface area contributed by atoms with Gasteiger partial charge in [-0.1, -0.05) is 30.3 Å². The van der Waals surface area contributed by atoms with Gasteiger partial charge in [0.25, 0.3) is 5.91 Å². The van der Waals surface area contributed by atoms with Crippen LogP contribution in [0.3, 0.4) is 0 Å². The van der Waals surface area contributed by atoms with E-state index in [2.05, 4.69) is 5.10 Å². The number of fused-ring (bicyclic) bond motifs is 1. The molecular formula is C19H17N3O5. The van der Waals surface area contributed by atoms with Crippen LogP contribution in [0.2, 0.25) is 0 Å². The Morgan fingerprint density at radius 3 is 2.67 bits per heavy atom. The Morgan fingerprint density at radius 2 is 2.00 bits per heavy atom. The summed E-state index contributed by atoms with van der Waals surface area (Å²) in [5.41, 5.74) is -0.0321. The Morgan fingerprint density at radius 1 is 1.26 bits per heavy atom. The average molecular weight is 367 g/mol. The first-order valence-corrected chi connectivity index (χ1v) is 8.42. The lowest BCUT2D eigenvalue weighted by molar-refractivity contribution is -0.484. The maximum Gasteiger partial charge on any atom is 0.298 e. The largest absolute Gasteiger partial charge is 0.493 e. The van der Waals surface area contributed by atoms with Gasteiger partial charge >= 0.3 is 0 Å². The summed E-state index contributed by atoms with van der Waals surface area (Å²) in [6, 6.07) is 14.1. The van der Waals surface area contributed by atoms with Gasteiger partial charge in [0, 0.05) is 10.5 Å². The van der Waals surface area contributed by atoms with Crippen molar-refractivity contribution in [3.05, 3.63) is 64.2 Å². The van der Waals surface area contributed by atoms with Gasteiger partial charge in [-0.15, -0.1) is 0 Å². The van der Waals surface area contributed by atoms with E-state index in [1.807, 2.05) is 6.07 Å². The highest BCUT2D eigenvalue weighted by Crippen LogP contribution is 2.52. The molecule has 2 atom stereocenters.